The molecule has 0 bridgehead atoms. The molecule has 0 spiro atoms. The van der Waals surface area contributed by atoms with Gasteiger partial charge in [0.2, 0.25) is 0 Å². The van der Waals surface area contributed by atoms with Crippen molar-refractivity contribution in [3.8, 4) is 0 Å². The number of hydrogen-bond acceptors (Lipinski definition) is 2. The fourth-order valence-corrected chi connectivity index (χ4v) is 1.33. The lowest BCUT2D eigenvalue weighted by molar-refractivity contribution is -0.106. The van der Waals surface area contributed by atoms with E-state index in [0.717, 1.165) is 19.4 Å². The Hall–Kier alpha value is -0.370. The van der Waals surface area contributed by atoms with Crippen LogP contribution in [0.1, 0.15) is 25.7 Å². The lowest BCUT2D eigenvalue weighted by Gasteiger charge is -2.14. The lowest BCUT2D eigenvalue weighted by atomic mass is 10.2. The van der Waals surface area contributed by atoms with Gasteiger partial charge in [-0.1, -0.05) is 12.8 Å². The van der Waals surface area contributed by atoms with Gasteiger partial charge in [0, 0.05) is 0 Å². The molecule has 0 saturated carbocycles. The van der Waals surface area contributed by atoms with Crippen molar-refractivity contribution < 1.29 is 4.79 Å². The fourth-order valence-electron chi connectivity index (χ4n) is 1.33. The van der Waals surface area contributed by atoms with Gasteiger partial charge < -0.3 is 4.79 Å². The van der Waals surface area contributed by atoms with E-state index in [1.54, 1.807) is 6.54 Å². The quantitative estimate of drug-likeness (QED) is 0.537. The number of aldehydes is 1. The first kappa shape index (κ1) is 7.73. The van der Waals surface area contributed by atoms with Crippen LogP contribution in [0.3, 0.4) is 0 Å². The van der Waals surface area contributed by atoms with Crippen molar-refractivity contribution in [2.45, 2.75) is 25.7 Å². The summed E-state index contributed by atoms with van der Waals surface area (Å²) in [4.78, 5) is 12.2. The Balaban J connectivity index is 2.21. The summed E-state index contributed by atoms with van der Waals surface area (Å²) in [6.45, 7) is 3.79. The average Bonchev–Trinajstić information content (AvgIpc) is 2.17. The van der Waals surface area contributed by atoms with E-state index in [0.29, 0.717) is 0 Å². The Morgan fingerprint density at radius 1 is 1.00 bits per heavy atom. The molecule has 1 heterocycles. The molecule has 1 fully saturated rings. The monoisotopic (exact) mass is 140 g/mol. The highest BCUT2D eigenvalue weighted by molar-refractivity contribution is 5.59. The number of nitrogens with zero attached hydrogens (tertiary/aromatic N) is 1. The molecule has 0 aromatic carbocycles. The summed E-state index contributed by atoms with van der Waals surface area (Å²) in [5, 5.41) is 0. The van der Waals surface area contributed by atoms with Gasteiger partial charge in [-0.25, -0.2) is 0 Å². The van der Waals surface area contributed by atoms with Crippen LogP contribution in [0.5, 0.6) is 0 Å². The van der Waals surface area contributed by atoms with Gasteiger partial charge in [-0.15, -0.1) is 0 Å². The van der Waals surface area contributed by atoms with E-state index < -0.39 is 0 Å². The Bertz CT molecular complexity index is 95.4. The van der Waals surface area contributed by atoms with E-state index in [-0.39, 0.29) is 0 Å². The maximum Gasteiger partial charge on any atom is 0.139 e. The third kappa shape index (κ3) is 2.48. The third-order valence-corrected chi connectivity index (χ3v) is 1.91. The smallest absolute Gasteiger partial charge is 0.139 e. The number of rotatable bonds is 2. The van der Waals surface area contributed by atoms with Crippen LogP contribution in [0.15, 0.2) is 0 Å². The largest absolute Gasteiger partial charge is 0.302 e. The first-order valence-electron chi connectivity index (χ1n) is 3.96. The van der Waals surface area contributed by atoms with E-state index in [4.69, 9.17) is 0 Å². The predicted octanol–water partition coefficient (Wildman–Crippen LogP) is 1.22. The molecular weight excluding hydrogens is 126 g/mol. The van der Waals surface area contributed by atoms with Crippen LogP contribution < -0.4 is 0 Å². The second-order valence-electron chi connectivity index (χ2n) is 2.74. The van der Waals surface area contributed by atoms with Crippen LogP contribution in [0, 0.1) is 6.54 Å². The van der Waals surface area contributed by atoms with E-state index in [1.165, 1.54) is 25.7 Å². The number of carbonyl (C=O) groups excluding carboxylic acids is 1. The Kier molecular flexibility index (Phi) is 3.44. The number of hydrogen-bond donors (Lipinski definition) is 0. The summed E-state index contributed by atoms with van der Waals surface area (Å²) in [7, 11) is 0. The van der Waals surface area contributed by atoms with E-state index in [9.17, 15) is 4.79 Å². The van der Waals surface area contributed by atoms with Gasteiger partial charge >= 0.3 is 0 Å². The van der Waals surface area contributed by atoms with Crippen LogP contribution in [-0.4, -0.2) is 24.3 Å². The topological polar surface area (TPSA) is 20.3 Å². The molecule has 1 rings (SSSR count). The summed E-state index contributed by atoms with van der Waals surface area (Å²) < 4.78 is 0. The van der Waals surface area contributed by atoms with Gasteiger partial charge in [0.15, 0.2) is 0 Å². The maximum absolute atomic E-state index is 10.1. The minimum absolute atomic E-state index is 0.880. The highest BCUT2D eigenvalue weighted by Gasteiger charge is 2.07. The Morgan fingerprint density at radius 2 is 1.60 bits per heavy atom. The highest BCUT2D eigenvalue weighted by atomic mass is 16.1. The lowest BCUT2D eigenvalue weighted by Crippen LogP contribution is -2.21. The average molecular weight is 140 g/mol. The van der Waals surface area contributed by atoms with Gasteiger partial charge in [0.25, 0.3) is 0 Å². The van der Waals surface area contributed by atoms with Crippen LogP contribution >= 0.6 is 0 Å². The predicted molar refractivity (Wildman–Crippen MR) is 40.4 cm³/mol. The van der Waals surface area contributed by atoms with Crippen LogP contribution in [0.4, 0.5) is 0 Å². The SMILES string of the molecule is O=C[CH]N1CCCCCC1. The van der Waals surface area contributed by atoms with E-state index in [2.05, 4.69) is 4.90 Å². The molecule has 2 heteroatoms. The van der Waals surface area contributed by atoms with Crippen molar-refractivity contribution in [2.75, 3.05) is 13.1 Å². The third-order valence-electron chi connectivity index (χ3n) is 1.91. The van der Waals surface area contributed by atoms with Crippen LogP contribution in [0.25, 0.3) is 0 Å². The molecule has 57 valence electrons. The Labute approximate surface area is 62.2 Å². The van der Waals surface area contributed by atoms with E-state index >= 15 is 0 Å². The van der Waals surface area contributed by atoms with Crippen LogP contribution in [-0.2, 0) is 4.79 Å². The fraction of sp³-hybridized carbons (Fsp3) is 0.750. The minimum atomic E-state index is 0.880. The summed E-state index contributed by atoms with van der Waals surface area (Å²) in [5.74, 6) is 0. The van der Waals surface area contributed by atoms with Gasteiger partial charge in [-0.05, 0) is 25.9 Å². The summed E-state index contributed by atoms with van der Waals surface area (Å²) >= 11 is 0. The summed E-state index contributed by atoms with van der Waals surface area (Å²) in [5.41, 5.74) is 0. The molecule has 0 atom stereocenters. The van der Waals surface area contributed by atoms with Crippen molar-refractivity contribution >= 4 is 6.29 Å². The highest BCUT2D eigenvalue weighted by Crippen LogP contribution is 2.09. The second kappa shape index (κ2) is 4.45. The molecule has 1 saturated heterocycles. The molecule has 0 unspecified atom stereocenters. The first-order chi connectivity index (χ1) is 4.93. The van der Waals surface area contributed by atoms with Crippen molar-refractivity contribution in [3.05, 3.63) is 6.54 Å². The van der Waals surface area contributed by atoms with E-state index in [1.807, 2.05) is 0 Å². The van der Waals surface area contributed by atoms with Crippen molar-refractivity contribution in [1.29, 1.82) is 0 Å². The number of carbonyl (C=O) groups is 1. The van der Waals surface area contributed by atoms with Crippen molar-refractivity contribution in [1.82, 2.24) is 4.90 Å². The molecule has 10 heavy (non-hydrogen) atoms. The van der Waals surface area contributed by atoms with Gasteiger partial charge in [0.1, 0.15) is 6.29 Å². The zero-order valence-electron chi connectivity index (χ0n) is 6.25. The molecule has 1 aliphatic rings. The van der Waals surface area contributed by atoms with Crippen molar-refractivity contribution in [2.24, 2.45) is 0 Å². The first-order valence-corrected chi connectivity index (χ1v) is 3.96. The zero-order chi connectivity index (χ0) is 7.23. The standard InChI is InChI=1S/C8H14NO/c10-8-7-9-5-3-1-2-4-6-9/h7-8H,1-6H2. The molecule has 0 N–H and O–H groups in total. The number of likely N-dealkylation sites (tertiary alicyclic amines) is 1. The van der Waals surface area contributed by atoms with Crippen molar-refractivity contribution in [3.63, 3.8) is 0 Å². The minimum Gasteiger partial charge on any atom is -0.302 e. The summed E-state index contributed by atoms with van der Waals surface area (Å²) in [6.07, 6.45) is 6.01. The molecule has 0 aliphatic carbocycles. The molecule has 0 amide bonds. The van der Waals surface area contributed by atoms with Gasteiger partial charge in [-0.2, -0.15) is 0 Å². The van der Waals surface area contributed by atoms with Gasteiger partial charge in [-0.3, -0.25) is 4.90 Å². The molecule has 1 aliphatic heterocycles. The molecule has 0 aromatic rings. The molecule has 0 aromatic heterocycles. The van der Waals surface area contributed by atoms with Crippen LogP contribution in [0.2, 0.25) is 0 Å². The summed E-state index contributed by atoms with van der Waals surface area (Å²) in [6, 6.07) is 0. The molecular formula is C8H14NO. The normalized spacial score (nSPS) is 22.0. The molecule has 1 radical (unpaired) electrons. The molecule has 2 nitrogen and oxygen atoms in total. The maximum atomic E-state index is 10.1. The Morgan fingerprint density at radius 3 is 2.10 bits per heavy atom. The van der Waals surface area contributed by atoms with Gasteiger partial charge in [0.05, 0.1) is 6.54 Å². The zero-order valence-corrected chi connectivity index (χ0v) is 6.25. The second-order valence-corrected chi connectivity index (χ2v) is 2.74.